The number of nitrogen functional groups attached to an aromatic ring is 1. The summed E-state index contributed by atoms with van der Waals surface area (Å²) in [5, 5.41) is 3.36. The van der Waals surface area contributed by atoms with E-state index in [4.69, 9.17) is 22.1 Å². The smallest absolute Gasteiger partial charge is 0.255 e. The Hall–Kier alpha value is -1.26. The van der Waals surface area contributed by atoms with Crippen LogP contribution in [0.3, 0.4) is 0 Å². The number of rotatable bonds is 3. The third kappa shape index (κ3) is 2.42. The van der Waals surface area contributed by atoms with Crippen LogP contribution >= 0.6 is 11.6 Å². The van der Waals surface area contributed by atoms with Crippen molar-refractivity contribution in [2.75, 3.05) is 12.8 Å². The maximum atomic E-state index is 12.3. The first-order chi connectivity index (χ1) is 8.87. The molecule has 1 aliphatic carbocycles. The molecule has 0 saturated heterocycles. The first kappa shape index (κ1) is 14.2. The van der Waals surface area contributed by atoms with E-state index in [-0.39, 0.29) is 23.5 Å². The number of hydrogen-bond acceptors (Lipinski definition) is 3. The summed E-state index contributed by atoms with van der Waals surface area (Å²) in [4.78, 5) is 12.3. The second kappa shape index (κ2) is 5.02. The number of carbonyl (C=O) groups is 1. The van der Waals surface area contributed by atoms with E-state index >= 15 is 0 Å². The fraction of sp³-hybridized carbons (Fsp3) is 0.500. The van der Waals surface area contributed by atoms with E-state index in [0.717, 1.165) is 6.42 Å². The normalized spacial score (nSPS) is 24.6. The quantitative estimate of drug-likeness (QED) is 0.837. The number of anilines is 1. The van der Waals surface area contributed by atoms with Gasteiger partial charge in [0.05, 0.1) is 16.7 Å². The molecule has 0 heterocycles. The van der Waals surface area contributed by atoms with Crippen LogP contribution in [0.2, 0.25) is 5.02 Å². The summed E-state index contributed by atoms with van der Waals surface area (Å²) in [6, 6.07) is 5.13. The topological polar surface area (TPSA) is 64.3 Å². The van der Waals surface area contributed by atoms with Crippen LogP contribution in [0.15, 0.2) is 18.2 Å². The van der Waals surface area contributed by atoms with Crippen molar-refractivity contribution in [1.82, 2.24) is 5.32 Å². The van der Waals surface area contributed by atoms with Crippen LogP contribution in [-0.4, -0.2) is 25.2 Å². The lowest BCUT2D eigenvalue weighted by atomic mass is 9.64. The Morgan fingerprint density at radius 3 is 2.74 bits per heavy atom. The molecule has 1 amide bonds. The molecule has 0 radical (unpaired) electrons. The highest BCUT2D eigenvalue weighted by Crippen LogP contribution is 2.42. The number of nitrogens with two attached hydrogens (primary N) is 1. The van der Waals surface area contributed by atoms with Crippen molar-refractivity contribution in [3.63, 3.8) is 0 Å². The van der Waals surface area contributed by atoms with E-state index in [1.54, 1.807) is 25.3 Å². The average Bonchev–Trinajstić information content (AvgIpc) is 2.33. The van der Waals surface area contributed by atoms with Crippen LogP contribution in [0, 0.1) is 5.41 Å². The molecule has 3 N–H and O–H groups in total. The van der Waals surface area contributed by atoms with Gasteiger partial charge < -0.3 is 15.8 Å². The van der Waals surface area contributed by atoms with Gasteiger partial charge in [-0.05, 0) is 18.6 Å². The fourth-order valence-electron chi connectivity index (χ4n) is 2.54. The molecule has 2 rings (SSSR count). The van der Waals surface area contributed by atoms with Gasteiger partial charge in [-0.3, -0.25) is 4.79 Å². The van der Waals surface area contributed by atoms with Crippen molar-refractivity contribution < 1.29 is 9.53 Å². The van der Waals surface area contributed by atoms with Crippen LogP contribution in [-0.2, 0) is 4.74 Å². The highest BCUT2D eigenvalue weighted by molar-refractivity contribution is 6.34. The molecule has 19 heavy (non-hydrogen) atoms. The highest BCUT2D eigenvalue weighted by Gasteiger charge is 2.49. The van der Waals surface area contributed by atoms with Crippen LogP contribution in [0.4, 0.5) is 5.69 Å². The van der Waals surface area contributed by atoms with Gasteiger partial charge in [0.25, 0.3) is 5.91 Å². The fourth-order valence-corrected chi connectivity index (χ4v) is 2.81. The van der Waals surface area contributed by atoms with Crippen LogP contribution in [0.5, 0.6) is 0 Å². The zero-order chi connectivity index (χ0) is 14.2. The van der Waals surface area contributed by atoms with Crippen LogP contribution < -0.4 is 11.1 Å². The summed E-state index contributed by atoms with van der Waals surface area (Å²) in [6.07, 6.45) is 0.973. The third-order valence-electron chi connectivity index (χ3n) is 4.04. The molecule has 1 saturated carbocycles. The summed E-state index contributed by atoms with van der Waals surface area (Å²) >= 11 is 6.03. The van der Waals surface area contributed by atoms with Gasteiger partial charge in [-0.25, -0.2) is 0 Å². The van der Waals surface area contributed by atoms with Crippen molar-refractivity contribution in [3.05, 3.63) is 28.8 Å². The lowest BCUT2D eigenvalue weighted by molar-refractivity contribution is -0.0942. The number of methoxy groups -OCH3 is 1. The number of benzene rings is 1. The van der Waals surface area contributed by atoms with E-state index in [9.17, 15) is 4.79 Å². The van der Waals surface area contributed by atoms with Gasteiger partial charge in [-0.2, -0.15) is 0 Å². The molecular formula is C14H19ClN2O2. The van der Waals surface area contributed by atoms with E-state index < -0.39 is 0 Å². The molecule has 2 atom stereocenters. The zero-order valence-electron chi connectivity index (χ0n) is 11.4. The Morgan fingerprint density at radius 1 is 1.53 bits per heavy atom. The molecule has 1 aromatic carbocycles. The van der Waals surface area contributed by atoms with Gasteiger partial charge in [0.1, 0.15) is 0 Å². The van der Waals surface area contributed by atoms with E-state index in [0.29, 0.717) is 16.3 Å². The minimum absolute atomic E-state index is 0.0700. The Kier molecular flexibility index (Phi) is 3.74. The van der Waals surface area contributed by atoms with E-state index in [1.165, 1.54) is 0 Å². The zero-order valence-corrected chi connectivity index (χ0v) is 12.1. The van der Waals surface area contributed by atoms with Crippen molar-refractivity contribution >= 4 is 23.2 Å². The van der Waals surface area contributed by atoms with E-state index in [1.807, 2.05) is 0 Å². The number of carbonyl (C=O) groups excluding carboxylic acids is 1. The molecule has 0 spiro atoms. The molecule has 5 heteroatoms. The Bertz CT molecular complexity index is 482. The van der Waals surface area contributed by atoms with Gasteiger partial charge in [0, 0.05) is 24.3 Å². The lowest BCUT2D eigenvalue weighted by Gasteiger charge is -2.51. The third-order valence-corrected chi connectivity index (χ3v) is 4.36. The Balaban J connectivity index is 2.11. The maximum Gasteiger partial charge on any atom is 0.255 e. The van der Waals surface area contributed by atoms with Gasteiger partial charge in [-0.1, -0.05) is 31.5 Å². The molecular weight excluding hydrogens is 264 g/mol. The molecule has 104 valence electrons. The van der Waals surface area contributed by atoms with Gasteiger partial charge in [0.2, 0.25) is 0 Å². The van der Waals surface area contributed by atoms with Crippen LogP contribution in [0.1, 0.15) is 30.6 Å². The predicted molar refractivity (Wildman–Crippen MR) is 76.3 cm³/mol. The summed E-state index contributed by atoms with van der Waals surface area (Å²) < 4.78 is 5.36. The maximum absolute atomic E-state index is 12.3. The number of halogens is 1. The molecule has 0 bridgehead atoms. The molecule has 1 fully saturated rings. The SMILES string of the molecule is COC1CC(NC(=O)c2c(N)cccc2Cl)C1(C)C. The number of amides is 1. The minimum Gasteiger partial charge on any atom is -0.398 e. The first-order valence-corrected chi connectivity index (χ1v) is 6.63. The second-order valence-electron chi connectivity index (χ2n) is 5.51. The lowest BCUT2D eigenvalue weighted by Crippen LogP contribution is -2.61. The summed E-state index contributed by atoms with van der Waals surface area (Å²) in [7, 11) is 1.69. The second-order valence-corrected chi connectivity index (χ2v) is 5.92. The standard InChI is InChI=1S/C14H19ClN2O2/c1-14(2)10(7-11(14)19-3)17-13(18)12-8(15)5-4-6-9(12)16/h4-6,10-11H,7,16H2,1-3H3,(H,17,18). The van der Waals surface area contributed by atoms with Crippen molar-refractivity contribution in [2.24, 2.45) is 5.41 Å². The monoisotopic (exact) mass is 282 g/mol. The molecule has 0 aliphatic heterocycles. The van der Waals surface area contributed by atoms with Crippen molar-refractivity contribution in [3.8, 4) is 0 Å². The van der Waals surface area contributed by atoms with E-state index in [2.05, 4.69) is 19.2 Å². The number of hydrogen-bond donors (Lipinski definition) is 2. The van der Waals surface area contributed by atoms with Gasteiger partial charge in [-0.15, -0.1) is 0 Å². The van der Waals surface area contributed by atoms with Gasteiger partial charge in [0.15, 0.2) is 0 Å². The molecule has 2 unspecified atom stereocenters. The average molecular weight is 283 g/mol. The summed E-state index contributed by atoms with van der Waals surface area (Å²) in [5.41, 5.74) is 6.47. The van der Waals surface area contributed by atoms with Crippen molar-refractivity contribution in [1.29, 1.82) is 0 Å². The molecule has 1 aromatic rings. The Morgan fingerprint density at radius 2 is 2.21 bits per heavy atom. The van der Waals surface area contributed by atoms with Crippen LogP contribution in [0.25, 0.3) is 0 Å². The van der Waals surface area contributed by atoms with Crippen molar-refractivity contribution in [2.45, 2.75) is 32.4 Å². The highest BCUT2D eigenvalue weighted by atomic mass is 35.5. The number of nitrogens with one attached hydrogen (secondary N) is 1. The summed E-state index contributed by atoms with van der Waals surface area (Å²) in [6.45, 7) is 4.15. The predicted octanol–water partition coefficient (Wildman–Crippen LogP) is 2.47. The Labute approximate surface area is 118 Å². The summed E-state index contributed by atoms with van der Waals surface area (Å²) in [5.74, 6) is -0.226. The number of ether oxygens (including phenoxy) is 1. The molecule has 0 aromatic heterocycles. The molecule has 4 nitrogen and oxygen atoms in total. The largest absolute Gasteiger partial charge is 0.398 e. The van der Waals surface area contributed by atoms with Gasteiger partial charge >= 0.3 is 0 Å². The minimum atomic E-state index is -0.226. The molecule has 1 aliphatic rings. The first-order valence-electron chi connectivity index (χ1n) is 6.25.